The number of carbonyl (C=O) groups excluding carboxylic acids is 1. The minimum atomic E-state index is -0.321. The molecule has 3 aromatic rings. The topological polar surface area (TPSA) is 42.4 Å². The lowest BCUT2D eigenvalue weighted by Crippen LogP contribution is -2.55. The summed E-state index contributed by atoms with van der Waals surface area (Å²) < 4.78 is 6.30. The van der Waals surface area contributed by atoms with E-state index in [1.54, 1.807) is 0 Å². The Labute approximate surface area is 194 Å². The third kappa shape index (κ3) is 4.14. The molecule has 0 radical (unpaired) electrons. The van der Waals surface area contributed by atoms with Crippen LogP contribution in [-0.4, -0.2) is 35.0 Å². The number of piperidine rings is 3. The zero-order valence-corrected chi connectivity index (χ0v) is 19.2. The number of ether oxygens (including phenoxy) is 1. The second kappa shape index (κ2) is 9.21. The van der Waals surface area contributed by atoms with Crippen molar-refractivity contribution in [2.75, 3.05) is 13.1 Å². The first kappa shape index (κ1) is 21.4. The lowest BCUT2D eigenvalue weighted by Gasteiger charge is -2.51. The minimum Gasteiger partial charge on any atom is -0.456 e. The van der Waals surface area contributed by atoms with Gasteiger partial charge in [0.15, 0.2) is 0 Å². The van der Waals surface area contributed by atoms with Crippen LogP contribution in [0.15, 0.2) is 60.8 Å². The number of aromatic nitrogens is 1. The molecule has 3 aliphatic heterocycles. The Balaban J connectivity index is 1.48. The van der Waals surface area contributed by atoms with E-state index in [0.717, 1.165) is 47.5 Å². The van der Waals surface area contributed by atoms with Crippen LogP contribution >= 0.6 is 11.6 Å². The zero-order chi connectivity index (χ0) is 22.1. The molecule has 0 N–H and O–H groups in total. The molecule has 0 amide bonds. The summed E-state index contributed by atoms with van der Waals surface area (Å²) in [6, 6.07) is 17.8. The maximum atomic E-state index is 13.1. The average Bonchev–Trinajstić information content (AvgIpc) is 2.84. The number of nitrogens with zero attached hydrogens (tertiary/aromatic N) is 2. The molecule has 5 heteroatoms. The van der Waals surface area contributed by atoms with Gasteiger partial charge in [0.25, 0.3) is 0 Å². The number of carbonyl (C=O) groups is 1. The molecule has 3 saturated heterocycles. The van der Waals surface area contributed by atoms with Crippen LogP contribution in [0, 0.1) is 11.8 Å². The van der Waals surface area contributed by atoms with Gasteiger partial charge in [-0.25, -0.2) is 0 Å². The van der Waals surface area contributed by atoms with Gasteiger partial charge in [-0.1, -0.05) is 61.3 Å². The highest BCUT2D eigenvalue weighted by molar-refractivity contribution is 6.31. The number of rotatable bonds is 6. The van der Waals surface area contributed by atoms with Gasteiger partial charge in [0.05, 0.1) is 18.0 Å². The van der Waals surface area contributed by atoms with Crippen LogP contribution in [0.2, 0.25) is 5.02 Å². The van der Waals surface area contributed by atoms with Crippen molar-refractivity contribution in [1.82, 2.24) is 9.88 Å². The summed E-state index contributed by atoms with van der Waals surface area (Å²) in [6.45, 7) is 4.46. The van der Waals surface area contributed by atoms with Crippen LogP contribution in [0.1, 0.15) is 43.4 Å². The third-order valence-corrected chi connectivity index (χ3v) is 7.72. The van der Waals surface area contributed by atoms with E-state index in [1.807, 2.05) is 54.7 Å². The molecule has 4 heterocycles. The van der Waals surface area contributed by atoms with Gasteiger partial charge >= 0.3 is 5.97 Å². The molecule has 0 spiro atoms. The number of hydrogen-bond acceptors (Lipinski definition) is 4. The van der Waals surface area contributed by atoms with Gasteiger partial charge in [-0.2, -0.15) is 0 Å². The Bertz CT molecular complexity index is 1110. The second-order valence-corrected chi connectivity index (χ2v) is 9.52. The summed E-state index contributed by atoms with van der Waals surface area (Å²) in [6.07, 6.45) is 5.21. The van der Waals surface area contributed by atoms with Crippen molar-refractivity contribution in [1.29, 1.82) is 0 Å². The van der Waals surface area contributed by atoms with E-state index in [4.69, 9.17) is 16.3 Å². The van der Waals surface area contributed by atoms with Gasteiger partial charge in [-0.15, -0.1) is 0 Å². The largest absolute Gasteiger partial charge is 0.456 e. The maximum Gasteiger partial charge on any atom is 0.310 e. The van der Waals surface area contributed by atoms with Crippen molar-refractivity contribution in [3.05, 3.63) is 76.9 Å². The van der Waals surface area contributed by atoms with Crippen LogP contribution in [0.3, 0.4) is 0 Å². The van der Waals surface area contributed by atoms with Gasteiger partial charge in [0.1, 0.15) is 6.10 Å². The van der Waals surface area contributed by atoms with E-state index >= 15 is 0 Å². The summed E-state index contributed by atoms with van der Waals surface area (Å²) in [7, 11) is 0. The number of pyridine rings is 1. The molecule has 2 aromatic carbocycles. The molecule has 2 bridgehead atoms. The van der Waals surface area contributed by atoms with Gasteiger partial charge in [-0.3, -0.25) is 14.7 Å². The summed E-state index contributed by atoms with van der Waals surface area (Å²) in [5.74, 6) is 1.21. The average molecular weight is 449 g/mol. The van der Waals surface area contributed by atoms with Crippen molar-refractivity contribution in [3.63, 3.8) is 0 Å². The Morgan fingerprint density at radius 3 is 2.78 bits per heavy atom. The van der Waals surface area contributed by atoms with E-state index in [0.29, 0.717) is 10.9 Å². The van der Waals surface area contributed by atoms with Crippen LogP contribution in [0.5, 0.6) is 0 Å². The molecule has 1 unspecified atom stereocenters. The van der Waals surface area contributed by atoms with E-state index in [1.165, 1.54) is 12.8 Å². The fraction of sp³-hybridized carbons (Fsp3) is 0.407. The third-order valence-electron chi connectivity index (χ3n) is 7.35. The van der Waals surface area contributed by atoms with Crippen LogP contribution in [0.4, 0.5) is 0 Å². The Kier molecular flexibility index (Phi) is 6.16. The number of esters is 1. The Morgan fingerprint density at radius 2 is 2.00 bits per heavy atom. The molecular weight excluding hydrogens is 420 g/mol. The SMILES string of the molecule is CC[C@H]1CN2CC[C@@H]1C[C@@H]2[C@@H](OC(=O)Cc1ccccc1Cl)c1ccnc2ccccc12. The predicted molar refractivity (Wildman–Crippen MR) is 128 cm³/mol. The molecular formula is C27H29ClN2O2. The summed E-state index contributed by atoms with van der Waals surface area (Å²) in [5.41, 5.74) is 2.78. The maximum absolute atomic E-state index is 13.1. The first-order valence-electron chi connectivity index (χ1n) is 11.6. The molecule has 3 aliphatic rings. The monoisotopic (exact) mass is 448 g/mol. The fourth-order valence-corrected chi connectivity index (χ4v) is 5.86. The summed E-state index contributed by atoms with van der Waals surface area (Å²) in [5, 5.41) is 1.65. The van der Waals surface area contributed by atoms with E-state index in [2.05, 4.69) is 22.9 Å². The highest BCUT2D eigenvalue weighted by Crippen LogP contribution is 2.44. The number of fused-ring (bicyclic) bond motifs is 4. The molecule has 5 atom stereocenters. The summed E-state index contributed by atoms with van der Waals surface area (Å²) in [4.78, 5) is 20.2. The second-order valence-electron chi connectivity index (χ2n) is 9.11. The lowest BCUT2D eigenvalue weighted by atomic mass is 9.72. The zero-order valence-electron chi connectivity index (χ0n) is 18.4. The van der Waals surface area contributed by atoms with E-state index in [-0.39, 0.29) is 24.5 Å². The molecule has 4 nitrogen and oxygen atoms in total. The number of para-hydroxylation sites is 1. The number of hydrogen-bond donors (Lipinski definition) is 0. The highest BCUT2D eigenvalue weighted by atomic mass is 35.5. The quantitative estimate of drug-likeness (QED) is 0.444. The Hall–Kier alpha value is -2.43. The Morgan fingerprint density at radius 1 is 1.19 bits per heavy atom. The smallest absolute Gasteiger partial charge is 0.310 e. The highest BCUT2D eigenvalue weighted by Gasteiger charge is 2.44. The van der Waals surface area contributed by atoms with Gasteiger partial charge < -0.3 is 4.74 Å². The molecule has 3 fully saturated rings. The van der Waals surface area contributed by atoms with Crippen molar-refractivity contribution in [2.45, 2.75) is 44.8 Å². The fourth-order valence-electron chi connectivity index (χ4n) is 5.65. The molecule has 0 aliphatic carbocycles. The predicted octanol–water partition coefficient (Wildman–Crippen LogP) is 5.84. The molecule has 6 rings (SSSR count). The number of benzene rings is 2. The number of halogens is 1. The lowest BCUT2D eigenvalue weighted by molar-refractivity contribution is -0.157. The van der Waals surface area contributed by atoms with Crippen molar-refractivity contribution in [2.24, 2.45) is 11.8 Å². The van der Waals surface area contributed by atoms with Gasteiger partial charge in [-0.05, 0) is 55.0 Å². The molecule has 166 valence electrons. The molecule has 32 heavy (non-hydrogen) atoms. The first-order valence-corrected chi connectivity index (χ1v) is 12.0. The minimum absolute atomic E-state index is 0.174. The van der Waals surface area contributed by atoms with E-state index in [9.17, 15) is 4.79 Å². The van der Waals surface area contributed by atoms with Gasteiger partial charge in [0.2, 0.25) is 0 Å². The van der Waals surface area contributed by atoms with Crippen molar-refractivity contribution < 1.29 is 9.53 Å². The molecule has 1 aromatic heterocycles. The van der Waals surface area contributed by atoms with Crippen LogP contribution in [-0.2, 0) is 16.0 Å². The van der Waals surface area contributed by atoms with Crippen LogP contribution in [0.25, 0.3) is 10.9 Å². The van der Waals surface area contributed by atoms with Gasteiger partial charge in [0, 0.05) is 28.7 Å². The van der Waals surface area contributed by atoms with Crippen molar-refractivity contribution >= 4 is 28.5 Å². The standard InChI is InChI=1S/C27H29ClN2O2/c1-2-18-17-30-14-12-19(18)15-25(30)27(22-11-13-29-24-10-6-4-8-21(22)24)32-26(31)16-20-7-3-5-9-23(20)28/h3-11,13,18-19,25,27H,2,12,14-17H2,1H3/t18-,19+,25+,27-/m0/s1. The first-order chi connectivity index (χ1) is 15.6. The van der Waals surface area contributed by atoms with E-state index < -0.39 is 0 Å². The normalized spacial score (nSPS) is 25.6. The molecule has 0 saturated carbocycles. The van der Waals surface area contributed by atoms with Crippen molar-refractivity contribution in [3.8, 4) is 0 Å². The van der Waals surface area contributed by atoms with Crippen LogP contribution < -0.4 is 0 Å². The summed E-state index contributed by atoms with van der Waals surface area (Å²) >= 11 is 6.31.